The summed E-state index contributed by atoms with van der Waals surface area (Å²) in [7, 11) is 0. The molecule has 0 unspecified atom stereocenters. The number of nitrogens with zero attached hydrogens (tertiary/aromatic N) is 3. The number of carbonyl (C=O) groups is 2. The van der Waals surface area contributed by atoms with E-state index in [2.05, 4.69) is 12.2 Å². The molecule has 0 aliphatic rings. The van der Waals surface area contributed by atoms with E-state index in [1.54, 1.807) is 0 Å². The quantitative estimate of drug-likeness (QED) is 0.298. The first-order valence-corrected chi connectivity index (χ1v) is 10.6. The minimum Gasteiger partial charge on any atom is -0.353 e. The van der Waals surface area contributed by atoms with Gasteiger partial charge in [0.2, 0.25) is 11.8 Å². The van der Waals surface area contributed by atoms with Gasteiger partial charge in [-0.25, -0.2) is 0 Å². The summed E-state index contributed by atoms with van der Waals surface area (Å²) in [6, 6.07) is 3.96. The topological polar surface area (TPSA) is 97.0 Å². The van der Waals surface area contributed by atoms with Crippen LogP contribution in [0.15, 0.2) is 12.2 Å². The molecule has 0 radical (unpaired) electrons. The second kappa shape index (κ2) is 19.4. The van der Waals surface area contributed by atoms with Gasteiger partial charge in [-0.1, -0.05) is 64.7 Å². The molecular formula is C22H36N4O2. The monoisotopic (exact) mass is 388 g/mol. The van der Waals surface area contributed by atoms with Crippen molar-refractivity contribution in [1.82, 2.24) is 10.2 Å². The van der Waals surface area contributed by atoms with Gasteiger partial charge in [0.1, 0.15) is 0 Å². The van der Waals surface area contributed by atoms with Crippen molar-refractivity contribution in [3.63, 3.8) is 0 Å². The highest BCUT2D eigenvalue weighted by molar-refractivity contribution is 5.96. The van der Waals surface area contributed by atoms with Gasteiger partial charge in [-0.3, -0.25) is 9.59 Å². The smallest absolute Gasteiger partial charge is 0.246 e. The Hall–Kier alpha value is -2.34. The molecule has 0 rings (SSSR count). The molecule has 0 heterocycles. The largest absolute Gasteiger partial charge is 0.353 e. The van der Waals surface area contributed by atoms with Gasteiger partial charge < -0.3 is 10.2 Å². The van der Waals surface area contributed by atoms with Crippen LogP contribution in [-0.4, -0.2) is 36.3 Å². The fourth-order valence-electron chi connectivity index (χ4n) is 2.84. The van der Waals surface area contributed by atoms with Crippen molar-refractivity contribution in [1.29, 1.82) is 10.5 Å². The third kappa shape index (κ3) is 15.9. The maximum absolute atomic E-state index is 12.1. The first-order valence-electron chi connectivity index (χ1n) is 10.6. The van der Waals surface area contributed by atoms with Crippen LogP contribution in [0.5, 0.6) is 0 Å². The summed E-state index contributed by atoms with van der Waals surface area (Å²) in [5.74, 6) is -0.635. The van der Waals surface area contributed by atoms with Crippen LogP contribution in [0.3, 0.4) is 0 Å². The summed E-state index contributed by atoms with van der Waals surface area (Å²) in [6.07, 6.45) is 15.3. The Bertz CT molecular complexity index is 514. The third-order valence-corrected chi connectivity index (χ3v) is 4.51. The minimum atomic E-state index is -0.348. The molecule has 28 heavy (non-hydrogen) atoms. The van der Waals surface area contributed by atoms with E-state index in [-0.39, 0.29) is 37.7 Å². The van der Waals surface area contributed by atoms with Crippen molar-refractivity contribution >= 4 is 11.8 Å². The van der Waals surface area contributed by atoms with Crippen LogP contribution >= 0.6 is 0 Å². The summed E-state index contributed by atoms with van der Waals surface area (Å²) in [6.45, 7) is 3.37. The average molecular weight is 389 g/mol. The van der Waals surface area contributed by atoms with Gasteiger partial charge in [0, 0.05) is 31.8 Å². The zero-order chi connectivity index (χ0) is 20.9. The second-order valence-electron chi connectivity index (χ2n) is 6.95. The SMILES string of the molecule is CCCCCCCCCCCCNC(=O)/C=C\C(=O)N(CCC#N)CCC#N. The maximum atomic E-state index is 12.1. The fraction of sp³-hybridized carbons (Fsp3) is 0.727. The van der Waals surface area contributed by atoms with Gasteiger partial charge in [-0.15, -0.1) is 0 Å². The number of carbonyl (C=O) groups excluding carboxylic acids is 2. The molecular weight excluding hydrogens is 352 g/mol. The predicted molar refractivity (Wildman–Crippen MR) is 111 cm³/mol. The highest BCUT2D eigenvalue weighted by atomic mass is 16.2. The lowest BCUT2D eigenvalue weighted by Crippen LogP contribution is -2.32. The summed E-state index contributed by atoms with van der Waals surface area (Å²) >= 11 is 0. The Kier molecular flexibility index (Phi) is 17.8. The Labute approximate surface area is 170 Å². The Morgan fingerprint density at radius 2 is 1.32 bits per heavy atom. The van der Waals surface area contributed by atoms with E-state index in [1.807, 2.05) is 12.1 Å². The highest BCUT2D eigenvalue weighted by Gasteiger charge is 2.10. The van der Waals surface area contributed by atoms with Gasteiger partial charge in [-0.2, -0.15) is 10.5 Å². The molecule has 0 bridgehead atoms. The highest BCUT2D eigenvalue weighted by Crippen LogP contribution is 2.10. The number of nitriles is 2. The molecule has 6 nitrogen and oxygen atoms in total. The van der Waals surface area contributed by atoms with Crippen molar-refractivity contribution in [3.8, 4) is 12.1 Å². The number of hydrogen-bond acceptors (Lipinski definition) is 4. The van der Waals surface area contributed by atoms with Crippen LogP contribution in [0, 0.1) is 22.7 Å². The molecule has 0 aromatic heterocycles. The van der Waals surface area contributed by atoms with E-state index < -0.39 is 0 Å². The second-order valence-corrected chi connectivity index (χ2v) is 6.95. The number of rotatable bonds is 17. The molecule has 1 N–H and O–H groups in total. The maximum Gasteiger partial charge on any atom is 0.246 e. The summed E-state index contributed by atoms with van der Waals surface area (Å²) in [5, 5.41) is 20.1. The predicted octanol–water partition coefficient (Wildman–Crippen LogP) is 4.24. The molecule has 0 aliphatic carbocycles. The molecule has 0 saturated heterocycles. The molecule has 0 spiro atoms. The van der Waals surface area contributed by atoms with Crippen LogP contribution in [0.1, 0.15) is 84.0 Å². The molecule has 6 heteroatoms. The van der Waals surface area contributed by atoms with Crippen LogP contribution in [-0.2, 0) is 9.59 Å². The number of nitrogens with one attached hydrogen (secondary N) is 1. The van der Waals surface area contributed by atoms with E-state index in [0.29, 0.717) is 6.54 Å². The normalized spacial score (nSPS) is 10.4. The van der Waals surface area contributed by atoms with Crippen molar-refractivity contribution in [2.24, 2.45) is 0 Å². The molecule has 2 amide bonds. The first kappa shape index (κ1) is 25.7. The molecule has 0 aliphatic heterocycles. The molecule has 0 atom stereocenters. The molecule has 0 aromatic carbocycles. The average Bonchev–Trinajstić information content (AvgIpc) is 2.70. The van der Waals surface area contributed by atoms with E-state index in [9.17, 15) is 9.59 Å². The van der Waals surface area contributed by atoms with Crippen LogP contribution in [0.2, 0.25) is 0 Å². The van der Waals surface area contributed by atoms with Gasteiger partial charge in [-0.05, 0) is 6.42 Å². The Morgan fingerprint density at radius 3 is 1.82 bits per heavy atom. The standard InChI is InChI=1S/C22H36N4O2/c1-2-3-4-5-6-7-8-9-10-11-18-25-21(27)14-15-22(28)26(19-12-16-23)20-13-17-24/h14-15H,2-13,18-20H2,1H3,(H,25,27)/b15-14-. The van der Waals surface area contributed by atoms with E-state index in [0.717, 1.165) is 12.8 Å². The lowest BCUT2D eigenvalue weighted by molar-refractivity contribution is -0.126. The van der Waals surface area contributed by atoms with E-state index in [4.69, 9.17) is 10.5 Å². The van der Waals surface area contributed by atoms with Gasteiger partial charge >= 0.3 is 0 Å². The Morgan fingerprint density at radius 1 is 0.821 bits per heavy atom. The van der Waals surface area contributed by atoms with Crippen LogP contribution < -0.4 is 5.32 Å². The summed E-state index contributed by atoms with van der Waals surface area (Å²) in [4.78, 5) is 25.3. The zero-order valence-electron chi connectivity index (χ0n) is 17.4. The number of amides is 2. The van der Waals surface area contributed by atoms with Crippen molar-refractivity contribution in [2.75, 3.05) is 19.6 Å². The van der Waals surface area contributed by atoms with Gasteiger partial charge in [0.15, 0.2) is 0 Å². The van der Waals surface area contributed by atoms with E-state index in [1.165, 1.54) is 68.4 Å². The minimum absolute atomic E-state index is 0.204. The van der Waals surface area contributed by atoms with E-state index >= 15 is 0 Å². The lowest BCUT2D eigenvalue weighted by Gasteiger charge is -2.18. The molecule has 0 fully saturated rings. The van der Waals surface area contributed by atoms with Crippen LogP contribution in [0.4, 0.5) is 0 Å². The Balaban J connectivity index is 3.82. The first-order chi connectivity index (χ1) is 13.7. The lowest BCUT2D eigenvalue weighted by atomic mass is 10.1. The summed E-state index contributed by atoms with van der Waals surface area (Å²) in [5.41, 5.74) is 0. The zero-order valence-corrected chi connectivity index (χ0v) is 17.4. The van der Waals surface area contributed by atoms with Crippen molar-refractivity contribution in [2.45, 2.75) is 84.0 Å². The van der Waals surface area contributed by atoms with Gasteiger partial charge in [0.25, 0.3) is 0 Å². The third-order valence-electron chi connectivity index (χ3n) is 4.51. The number of hydrogen-bond donors (Lipinski definition) is 1. The molecule has 0 saturated carbocycles. The van der Waals surface area contributed by atoms with Crippen molar-refractivity contribution < 1.29 is 9.59 Å². The number of unbranched alkanes of at least 4 members (excludes halogenated alkanes) is 9. The van der Waals surface area contributed by atoms with Crippen LogP contribution in [0.25, 0.3) is 0 Å². The fourth-order valence-corrected chi connectivity index (χ4v) is 2.84. The van der Waals surface area contributed by atoms with Gasteiger partial charge in [0.05, 0.1) is 25.0 Å². The summed E-state index contributed by atoms with van der Waals surface area (Å²) < 4.78 is 0. The van der Waals surface area contributed by atoms with Crippen molar-refractivity contribution in [3.05, 3.63) is 12.2 Å². The molecule has 156 valence electrons. The molecule has 0 aromatic rings.